The number of hydrogen-bond donors (Lipinski definition) is 6. The van der Waals surface area contributed by atoms with Crippen molar-refractivity contribution >= 4 is 19.8 Å². The van der Waals surface area contributed by atoms with E-state index in [0.717, 1.165) is 38.5 Å². The first-order chi connectivity index (χ1) is 28.9. The van der Waals surface area contributed by atoms with E-state index >= 15 is 0 Å². The van der Waals surface area contributed by atoms with Crippen LogP contribution in [0.5, 0.6) is 0 Å². The van der Waals surface area contributed by atoms with Crippen LogP contribution in [-0.4, -0.2) is 98.3 Å². The summed E-state index contributed by atoms with van der Waals surface area (Å²) in [5.41, 5.74) is 0. The van der Waals surface area contributed by atoms with Gasteiger partial charge < -0.3 is 39.9 Å². The normalized spacial score (nSPS) is 22.1. The molecule has 0 aromatic rings. The molecule has 8 atom stereocenters. The van der Waals surface area contributed by atoms with Crippen LogP contribution >= 0.6 is 7.82 Å². The van der Waals surface area contributed by atoms with Crippen molar-refractivity contribution in [2.45, 2.75) is 268 Å². The standard InChI is InChI=1S/C46H89O13P/c1-3-5-7-9-11-13-15-17-18-19-20-21-22-23-25-27-29-31-33-35-40(48)58-38(36-56-39(47)34-32-30-28-26-24-16-14-12-10-8-6-4-2)37-57-60(54,55)59-46-44(52)42(50)41(49)43(51)45(46)53/h38,41-46,49-53H,3-37H2,1-2H3,(H,54,55)/t38-,41?,42-,43?,44?,45?,46?/m1/s1. The van der Waals surface area contributed by atoms with Gasteiger partial charge in [-0.2, -0.15) is 0 Å². The van der Waals surface area contributed by atoms with Crippen LogP contribution in [0, 0.1) is 0 Å². The lowest BCUT2D eigenvalue weighted by molar-refractivity contribution is -0.220. The Balaban J connectivity index is 2.40. The highest BCUT2D eigenvalue weighted by atomic mass is 31.2. The molecule has 1 fully saturated rings. The molecule has 0 aromatic heterocycles. The molecule has 6 N–H and O–H groups in total. The number of carbonyl (C=O) groups is 2. The van der Waals surface area contributed by atoms with Crippen molar-refractivity contribution in [1.82, 2.24) is 0 Å². The molecule has 0 saturated heterocycles. The van der Waals surface area contributed by atoms with Gasteiger partial charge in [0.05, 0.1) is 6.61 Å². The smallest absolute Gasteiger partial charge is 0.462 e. The summed E-state index contributed by atoms with van der Waals surface area (Å²) < 4.78 is 33.6. The number of hydrogen-bond acceptors (Lipinski definition) is 12. The van der Waals surface area contributed by atoms with Crippen LogP contribution in [0.25, 0.3) is 0 Å². The van der Waals surface area contributed by atoms with Crippen molar-refractivity contribution in [2.75, 3.05) is 13.2 Å². The van der Waals surface area contributed by atoms with E-state index in [-0.39, 0.29) is 12.8 Å². The third kappa shape index (κ3) is 29.3. The molecule has 1 aliphatic carbocycles. The van der Waals surface area contributed by atoms with Crippen molar-refractivity contribution < 1.29 is 63.1 Å². The summed E-state index contributed by atoms with van der Waals surface area (Å²) in [5.74, 6) is -1.08. The molecule has 60 heavy (non-hydrogen) atoms. The van der Waals surface area contributed by atoms with Gasteiger partial charge in [0, 0.05) is 12.8 Å². The Morgan fingerprint density at radius 3 is 1.10 bits per heavy atom. The number of esters is 2. The SMILES string of the molecule is CCCCCCCCCCCCCCCCCCCCCC(=O)O[C@H](COC(=O)CCCCCCCCCCCCCC)COP(=O)(O)OC1C(O)C(O)C(O)[C@@H](O)C1O. The van der Waals surface area contributed by atoms with E-state index in [2.05, 4.69) is 13.8 Å². The molecule has 0 amide bonds. The van der Waals surface area contributed by atoms with E-state index in [0.29, 0.717) is 12.8 Å². The molecule has 0 heterocycles. The van der Waals surface area contributed by atoms with Crippen LogP contribution in [0.3, 0.4) is 0 Å². The first kappa shape index (κ1) is 56.9. The molecule has 6 unspecified atom stereocenters. The fourth-order valence-corrected chi connectivity index (χ4v) is 8.73. The third-order valence-corrected chi connectivity index (χ3v) is 12.7. The summed E-state index contributed by atoms with van der Waals surface area (Å²) in [7, 11) is -5.11. The highest BCUT2D eigenvalue weighted by molar-refractivity contribution is 7.47. The molecule has 0 aliphatic heterocycles. The Labute approximate surface area is 363 Å². The molecule has 356 valence electrons. The minimum absolute atomic E-state index is 0.105. The summed E-state index contributed by atoms with van der Waals surface area (Å²) in [6, 6.07) is 0. The molecule has 0 aromatic carbocycles. The molecule has 0 radical (unpaired) electrons. The maximum atomic E-state index is 12.8. The summed E-state index contributed by atoms with van der Waals surface area (Å²) in [4.78, 5) is 35.7. The van der Waals surface area contributed by atoms with Gasteiger partial charge in [-0.1, -0.05) is 200 Å². The van der Waals surface area contributed by atoms with E-state index in [9.17, 15) is 44.6 Å². The first-order valence-electron chi connectivity index (χ1n) is 24.3. The zero-order valence-corrected chi connectivity index (χ0v) is 38.7. The van der Waals surface area contributed by atoms with E-state index in [1.165, 1.54) is 148 Å². The lowest BCUT2D eigenvalue weighted by atomic mass is 9.85. The summed E-state index contributed by atoms with van der Waals surface area (Å²) in [5, 5.41) is 50.1. The average molecular weight is 881 g/mol. The molecular weight excluding hydrogens is 791 g/mol. The number of aliphatic hydroxyl groups excluding tert-OH is 5. The van der Waals surface area contributed by atoms with Crippen molar-refractivity contribution in [1.29, 1.82) is 0 Å². The van der Waals surface area contributed by atoms with Crippen molar-refractivity contribution in [3.8, 4) is 0 Å². The number of aliphatic hydroxyl groups is 5. The second kappa shape index (κ2) is 37.2. The minimum Gasteiger partial charge on any atom is -0.462 e. The van der Waals surface area contributed by atoms with Crippen molar-refractivity contribution in [3.05, 3.63) is 0 Å². The summed E-state index contributed by atoms with van der Waals surface area (Å²) >= 11 is 0. The lowest BCUT2D eigenvalue weighted by Crippen LogP contribution is -2.64. The molecular formula is C46H89O13P. The number of unbranched alkanes of at least 4 members (excludes halogenated alkanes) is 29. The Bertz CT molecular complexity index is 1060. The van der Waals surface area contributed by atoms with Crippen molar-refractivity contribution in [3.63, 3.8) is 0 Å². The zero-order chi connectivity index (χ0) is 44.3. The quantitative estimate of drug-likeness (QED) is 0.0192. The van der Waals surface area contributed by atoms with Crippen LogP contribution in [0.1, 0.15) is 226 Å². The van der Waals surface area contributed by atoms with Gasteiger partial charge in [0.1, 0.15) is 43.2 Å². The maximum Gasteiger partial charge on any atom is 0.472 e. The van der Waals surface area contributed by atoms with Gasteiger partial charge in [-0.25, -0.2) is 4.57 Å². The average Bonchev–Trinajstić information content (AvgIpc) is 3.23. The topological polar surface area (TPSA) is 210 Å². The molecule has 1 aliphatic rings. The van der Waals surface area contributed by atoms with Crippen molar-refractivity contribution in [2.24, 2.45) is 0 Å². The Morgan fingerprint density at radius 2 is 0.750 bits per heavy atom. The maximum absolute atomic E-state index is 12.8. The number of rotatable bonds is 41. The Hall–Kier alpha value is -1.15. The second-order valence-corrected chi connectivity index (χ2v) is 18.7. The van der Waals surface area contributed by atoms with Crippen LogP contribution in [0.15, 0.2) is 0 Å². The van der Waals surface area contributed by atoms with Crippen LogP contribution in [-0.2, 0) is 32.7 Å². The summed E-state index contributed by atoms with van der Waals surface area (Å²) in [6.07, 6.45) is 24.4. The van der Waals surface area contributed by atoms with Gasteiger partial charge in [0.2, 0.25) is 0 Å². The number of carbonyl (C=O) groups excluding carboxylic acids is 2. The molecule has 14 heteroatoms. The van der Waals surface area contributed by atoms with Gasteiger partial charge in [0.25, 0.3) is 0 Å². The molecule has 0 spiro atoms. The summed E-state index contributed by atoms with van der Waals surface area (Å²) in [6.45, 7) is 3.32. The monoisotopic (exact) mass is 881 g/mol. The number of phosphoric acid groups is 1. The molecule has 1 saturated carbocycles. The highest BCUT2D eigenvalue weighted by Gasteiger charge is 2.51. The third-order valence-electron chi connectivity index (χ3n) is 11.7. The zero-order valence-electron chi connectivity index (χ0n) is 37.8. The number of phosphoric ester groups is 1. The lowest BCUT2D eigenvalue weighted by Gasteiger charge is -2.41. The Kier molecular flexibility index (Phi) is 35.3. The van der Waals surface area contributed by atoms with E-state index in [4.69, 9.17) is 18.5 Å². The minimum atomic E-state index is -5.11. The molecule has 1 rings (SSSR count). The first-order valence-corrected chi connectivity index (χ1v) is 25.8. The number of ether oxygens (including phenoxy) is 2. The fourth-order valence-electron chi connectivity index (χ4n) is 7.76. The fraction of sp³-hybridized carbons (Fsp3) is 0.957. The van der Waals surface area contributed by atoms with E-state index in [1.54, 1.807) is 0 Å². The van der Waals surface area contributed by atoms with Gasteiger partial charge in [-0.15, -0.1) is 0 Å². The highest BCUT2D eigenvalue weighted by Crippen LogP contribution is 2.47. The van der Waals surface area contributed by atoms with Gasteiger partial charge >= 0.3 is 19.8 Å². The van der Waals surface area contributed by atoms with Crippen LogP contribution in [0.4, 0.5) is 0 Å². The van der Waals surface area contributed by atoms with E-state index in [1.807, 2.05) is 0 Å². The van der Waals surface area contributed by atoms with E-state index < -0.39 is 75.7 Å². The van der Waals surface area contributed by atoms with Gasteiger partial charge in [-0.3, -0.25) is 18.6 Å². The molecule has 13 nitrogen and oxygen atoms in total. The van der Waals surface area contributed by atoms with Crippen LogP contribution < -0.4 is 0 Å². The molecule has 0 bridgehead atoms. The van der Waals surface area contributed by atoms with Gasteiger partial charge in [0.15, 0.2) is 6.10 Å². The second-order valence-electron chi connectivity index (χ2n) is 17.3. The largest absolute Gasteiger partial charge is 0.472 e. The Morgan fingerprint density at radius 1 is 0.450 bits per heavy atom. The predicted molar refractivity (Wildman–Crippen MR) is 235 cm³/mol. The van der Waals surface area contributed by atoms with Gasteiger partial charge in [-0.05, 0) is 12.8 Å². The van der Waals surface area contributed by atoms with Crippen LogP contribution in [0.2, 0.25) is 0 Å². The predicted octanol–water partition coefficient (Wildman–Crippen LogP) is 9.67.